The Morgan fingerprint density at radius 1 is 0.767 bits per heavy atom. The predicted molar refractivity (Wildman–Crippen MR) is 148 cm³/mol. The lowest BCUT2D eigenvalue weighted by atomic mass is 10.4. The molecule has 238 valence electrons. The van der Waals surface area contributed by atoms with E-state index in [0.717, 1.165) is 7.11 Å². The number of aromatic amines is 2. The number of nitrogens with zero attached hydrogens (tertiary/aromatic N) is 2. The number of imidazole rings is 2. The number of carbonyl (C=O) groups is 2. The molecule has 43 heavy (non-hydrogen) atoms. The maximum atomic E-state index is 12.3. The molecule has 0 fully saturated rings. The van der Waals surface area contributed by atoms with Crippen molar-refractivity contribution in [2.75, 3.05) is 20.3 Å². The van der Waals surface area contributed by atoms with E-state index in [-0.39, 0.29) is 53.6 Å². The van der Waals surface area contributed by atoms with Crippen LogP contribution >= 0.6 is 92.3 Å². The lowest BCUT2D eigenvalue weighted by molar-refractivity contribution is -0.153. The van der Waals surface area contributed by atoms with Gasteiger partial charge in [0.25, 0.3) is 0 Å². The molecule has 0 aromatic carbocycles. The lowest BCUT2D eigenvalue weighted by Gasteiger charge is -2.07. The number of nitrogens with one attached hydrogen (secondary N) is 2. The maximum absolute atomic E-state index is 12.3. The fraction of sp³-hybridized carbons (Fsp3) is 0.368. The number of methoxy groups -OCH3 is 1. The first-order valence-electron chi connectivity index (χ1n) is 10.4. The van der Waals surface area contributed by atoms with Crippen molar-refractivity contribution in [3.8, 4) is 10.1 Å². The Morgan fingerprint density at radius 2 is 1.14 bits per heavy atom. The Balaban J connectivity index is 0.000000236. The molecule has 0 radical (unpaired) electrons. The van der Waals surface area contributed by atoms with Gasteiger partial charge in [0.15, 0.2) is 24.9 Å². The number of H-pyrrole nitrogens is 2. The predicted octanol–water partition coefficient (Wildman–Crippen LogP) is 8.27. The summed E-state index contributed by atoms with van der Waals surface area (Å²) in [5, 5.41) is 8.51. The van der Waals surface area contributed by atoms with Crippen LogP contribution in [0.15, 0.2) is 0 Å². The molecule has 0 aliphatic heterocycles. The number of rotatable bonds is 6. The minimum absolute atomic E-state index is 0.00958. The minimum atomic E-state index is -4.57. The first-order valence-corrected chi connectivity index (χ1v) is 14.3. The van der Waals surface area contributed by atoms with Crippen LogP contribution in [0.5, 0.6) is 10.1 Å². The van der Waals surface area contributed by atoms with Crippen molar-refractivity contribution in [1.29, 1.82) is 0 Å². The number of hydrogen-bond donors (Lipinski definition) is 3. The van der Waals surface area contributed by atoms with Crippen LogP contribution < -0.4 is 9.47 Å². The Morgan fingerprint density at radius 3 is 1.47 bits per heavy atom. The molecule has 0 unspecified atom stereocenters. The summed E-state index contributed by atoms with van der Waals surface area (Å²) in [5.74, 6) is -2.55. The largest absolute Gasteiger partial charge is 0.477 e. The summed E-state index contributed by atoms with van der Waals surface area (Å²) in [6.07, 6.45) is -9.11. The number of esters is 1. The van der Waals surface area contributed by atoms with Gasteiger partial charge in [-0.3, -0.25) is 0 Å². The number of carbonyl (C=O) groups excluding carboxylic acids is 1. The van der Waals surface area contributed by atoms with E-state index in [0.29, 0.717) is 22.7 Å². The van der Waals surface area contributed by atoms with E-state index >= 15 is 0 Å². The van der Waals surface area contributed by atoms with E-state index in [1.54, 1.807) is 0 Å². The van der Waals surface area contributed by atoms with Crippen LogP contribution in [0.1, 0.15) is 31.0 Å². The molecule has 0 atom stereocenters. The highest BCUT2D eigenvalue weighted by Gasteiger charge is 2.35. The number of alkyl halides is 12. The number of carboxylic acid groups (broad SMARTS) is 1. The average molecular weight is 781 g/mol. The number of aromatic carboxylic acids is 1. The van der Waals surface area contributed by atoms with Gasteiger partial charge in [0, 0.05) is 0 Å². The normalized spacial score (nSPS) is 12.8. The molecular formula is C19H10Cl6F6N4O6S2. The van der Waals surface area contributed by atoms with Crippen LogP contribution in [0.3, 0.4) is 0 Å². The molecule has 4 aromatic heterocycles. The second-order valence-corrected chi connectivity index (χ2v) is 14.2. The summed E-state index contributed by atoms with van der Waals surface area (Å²) < 4.78 is 83.2. The third-order valence-electron chi connectivity index (χ3n) is 4.47. The van der Waals surface area contributed by atoms with E-state index in [4.69, 9.17) is 74.7 Å². The summed E-state index contributed by atoms with van der Waals surface area (Å²) in [6.45, 7) is -3.12. The van der Waals surface area contributed by atoms with E-state index in [9.17, 15) is 35.9 Å². The van der Waals surface area contributed by atoms with Crippen LogP contribution in [0.2, 0.25) is 0 Å². The summed E-state index contributed by atoms with van der Waals surface area (Å²) in [7, 11) is 1.12. The fourth-order valence-electron chi connectivity index (χ4n) is 2.90. The first kappa shape index (κ1) is 35.7. The van der Waals surface area contributed by atoms with Crippen molar-refractivity contribution in [3.05, 3.63) is 21.4 Å². The van der Waals surface area contributed by atoms with Crippen LogP contribution in [0.25, 0.3) is 22.1 Å². The number of carboxylic acids is 1. The second-order valence-electron chi connectivity index (χ2n) is 7.66. The zero-order chi connectivity index (χ0) is 32.7. The molecule has 4 heterocycles. The van der Waals surface area contributed by atoms with E-state index in [1.807, 2.05) is 0 Å². The number of aromatic nitrogens is 4. The first-order chi connectivity index (χ1) is 19.5. The van der Waals surface area contributed by atoms with Gasteiger partial charge < -0.3 is 29.3 Å². The number of hydrogen-bond acceptors (Lipinski definition) is 9. The van der Waals surface area contributed by atoms with Gasteiger partial charge in [0.05, 0.1) is 7.11 Å². The highest BCUT2D eigenvalue weighted by atomic mass is 35.6. The Hall–Kier alpha value is -1.80. The molecule has 24 heteroatoms. The maximum Gasteiger partial charge on any atom is 0.422 e. The van der Waals surface area contributed by atoms with Crippen LogP contribution in [0.4, 0.5) is 26.3 Å². The van der Waals surface area contributed by atoms with Crippen molar-refractivity contribution in [2.45, 2.75) is 19.9 Å². The number of fused-ring (bicyclic) bond motifs is 2. The lowest BCUT2D eigenvalue weighted by Crippen LogP contribution is -2.18. The second kappa shape index (κ2) is 12.9. The van der Waals surface area contributed by atoms with Gasteiger partial charge in [-0.05, 0) is 0 Å². The molecule has 0 bridgehead atoms. The number of ether oxygens (including phenoxy) is 3. The van der Waals surface area contributed by atoms with Gasteiger partial charge >= 0.3 is 24.3 Å². The van der Waals surface area contributed by atoms with Crippen molar-refractivity contribution in [1.82, 2.24) is 19.9 Å². The molecule has 0 saturated heterocycles. The fourth-order valence-corrected chi connectivity index (χ4v) is 5.28. The standard InChI is InChI=1S/C10H6Cl3F3N2O3S.C9H4Cl3F3N2O3S/c1-20-6(19)5-3-4(18-8(17-3)10(11,12)13)7(22-5)21-2-9(14,15)16;10-9(11,12)7-16-2-3(17-7)6(20-1-8(13,14)15)21-4(2)5(18)19/h2H2,1H3,(H,17,18);1H2,(H,16,17)(H,18,19). The Labute approximate surface area is 272 Å². The summed E-state index contributed by atoms with van der Waals surface area (Å²) >= 11 is 34.9. The average Bonchev–Trinajstić information content (AvgIpc) is 3.59. The van der Waals surface area contributed by atoms with Gasteiger partial charge in [0.1, 0.15) is 31.8 Å². The van der Waals surface area contributed by atoms with Crippen LogP contribution in [0, 0.1) is 0 Å². The summed E-state index contributed by atoms with van der Waals surface area (Å²) in [4.78, 5) is 35.1. The molecule has 3 N–H and O–H groups in total. The third-order valence-corrected chi connectivity index (χ3v) is 7.70. The monoisotopic (exact) mass is 778 g/mol. The molecule has 0 aliphatic carbocycles. The van der Waals surface area contributed by atoms with Gasteiger partial charge in [-0.15, -0.1) is 0 Å². The van der Waals surface area contributed by atoms with Crippen molar-refractivity contribution in [3.63, 3.8) is 0 Å². The topological polar surface area (TPSA) is 139 Å². The molecule has 0 aliphatic rings. The highest BCUT2D eigenvalue weighted by molar-refractivity contribution is 7.18. The van der Waals surface area contributed by atoms with Crippen molar-refractivity contribution in [2.24, 2.45) is 0 Å². The van der Waals surface area contributed by atoms with Crippen molar-refractivity contribution < 1.29 is 55.2 Å². The molecule has 0 amide bonds. The quantitative estimate of drug-likeness (QED) is 0.101. The van der Waals surface area contributed by atoms with Crippen LogP contribution in [-0.2, 0) is 12.3 Å². The van der Waals surface area contributed by atoms with E-state index in [1.165, 1.54) is 0 Å². The summed E-state index contributed by atoms with van der Waals surface area (Å²) in [5.41, 5.74) is -0.166. The smallest absolute Gasteiger partial charge is 0.422 e. The molecule has 4 aromatic rings. The van der Waals surface area contributed by atoms with Gasteiger partial charge in [-0.25, -0.2) is 19.6 Å². The summed E-state index contributed by atoms with van der Waals surface area (Å²) in [6, 6.07) is 0. The zero-order valence-corrected chi connectivity index (χ0v) is 26.3. The SMILES string of the molecule is COC(=O)c1sc(OCC(F)(F)F)c2[nH]c(C(Cl)(Cl)Cl)nc12.O=C(O)c1sc(OCC(F)(F)F)c2[nH]c(C(Cl)(Cl)Cl)nc12. The van der Waals surface area contributed by atoms with Crippen LogP contribution in [-0.4, -0.2) is 69.7 Å². The van der Waals surface area contributed by atoms with Gasteiger partial charge in [-0.1, -0.05) is 92.3 Å². The molecule has 4 rings (SSSR count). The molecule has 10 nitrogen and oxygen atoms in total. The number of halogens is 12. The molecule has 0 spiro atoms. The number of thiophene rings is 2. The Kier molecular flexibility index (Phi) is 10.7. The van der Waals surface area contributed by atoms with Gasteiger partial charge in [-0.2, -0.15) is 26.3 Å². The van der Waals surface area contributed by atoms with Crippen molar-refractivity contribution >= 4 is 126 Å². The molecular weight excluding hydrogens is 771 g/mol. The highest BCUT2D eigenvalue weighted by Crippen LogP contribution is 2.44. The zero-order valence-electron chi connectivity index (χ0n) is 20.1. The van der Waals surface area contributed by atoms with Gasteiger partial charge in [0.2, 0.25) is 17.7 Å². The molecule has 0 saturated carbocycles. The third kappa shape index (κ3) is 9.12. The minimum Gasteiger partial charge on any atom is -0.477 e. The van der Waals surface area contributed by atoms with E-state index < -0.39 is 45.1 Å². The van der Waals surface area contributed by atoms with E-state index in [2.05, 4.69) is 34.1 Å². The Bertz CT molecular complexity index is 1640.